The molecule has 0 aliphatic carbocycles. The van der Waals surface area contributed by atoms with Crippen LogP contribution in [0.15, 0.2) is 0 Å². The summed E-state index contributed by atoms with van der Waals surface area (Å²) in [7, 11) is 0. The molecule has 0 aliphatic rings. The van der Waals surface area contributed by atoms with Crippen molar-refractivity contribution in [3.8, 4) is 0 Å². The second kappa shape index (κ2) is 51.4. The number of unbranched alkanes of at least 4 members (excludes halogenated alkanes) is 38. The molecule has 0 saturated heterocycles. The molecule has 0 aromatic heterocycles. The maximum atomic E-state index is 12.8. The second-order valence-corrected chi connectivity index (χ2v) is 19.8. The molecule has 0 N–H and O–H groups in total. The second-order valence-electron chi connectivity index (χ2n) is 19.8. The summed E-state index contributed by atoms with van der Waals surface area (Å²) in [4.78, 5) is 37.9. The molecule has 63 heavy (non-hydrogen) atoms. The molecular weight excluding hydrogens is 781 g/mol. The van der Waals surface area contributed by atoms with E-state index in [0.717, 1.165) is 63.7 Å². The fraction of sp³-hybridized carbons (Fsp3) is 0.947. The molecule has 0 heterocycles. The van der Waals surface area contributed by atoms with Gasteiger partial charge in [-0.2, -0.15) is 0 Å². The van der Waals surface area contributed by atoms with E-state index >= 15 is 0 Å². The Bertz CT molecular complexity index is 951. The summed E-state index contributed by atoms with van der Waals surface area (Å²) < 4.78 is 16.8. The Morgan fingerprint density at radius 1 is 0.317 bits per heavy atom. The highest BCUT2D eigenvalue weighted by Gasteiger charge is 2.19. The van der Waals surface area contributed by atoms with Crippen LogP contribution in [0.3, 0.4) is 0 Å². The first kappa shape index (κ1) is 61.4. The van der Waals surface area contributed by atoms with Crippen molar-refractivity contribution in [2.24, 2.45) is 5.92 Å². The SMILES string of the molecule is CCCCCCCCCCCCCCCCCCC(=O)OC[C@@H](COC(=O)CCCCCCCCC)OC(=O)CCCCCCCCCCCCCCCCCCCCC(C)CC. The molecule has 374 valence electrons. The van der Waals surface area contributed by atoms with E-state index in [9.17, 15) is 14.4 Å². The van der Waals surface area contributed by atoms with Crippen LogP contribution in [0, 0.1) is 5.92 Å². The van der Waals surface area contributed by atoms with E-state index in [0.29, 0.717) is 19.3 Å². The Morgan fingerprint density at radius 3 is 0.825 bits per heavy atom. The summed E-state index contributed by atoms with van der Waals surface area (Å²) in [5.41, 5.74) is 0. The zero-order valence-corrected chi connectivity index (χ0v) is 43.0. The molecular formula is C57H110O6. The topological polar surface area (TPSA) is 78.9 Å². The van der Waals surface area contributed by atoms with Gasteiger partial charge < -0.3 is 14.2 Å². The van der Waals surface area contributed by atoms with Gasteiger partial charge in [0.2, 0.25) is 0 Å². The summed E-state index contributed by atoms with van der Waals surface area (Å²) in [6.07, 6.45) is 55.4. The Morgan fingerprint density at radius 2 is 0.556 bits per heavy atom. The molecule has 6 heteroatoms. The molecule has 0 saturated carbocycles. The average Bonchev–Trinajstić information content (AvgIpc) is 3.28. The van der Waals surface area contributed by atoms with Gasteiger partial charge in [-0.3, -0.25) is 14.4 Å². The fourth-order valence-electron chi connectivity index (χ4n) is 8.72. The number of hydrogen-bond donors (Lipinski definition) is 0. The lowest BCUT2D eigenvalue weighted by molar-refractivity contribution is -0.167. The maximum Gasteiger partial charge on any atom is 0.306 e. The molecule has 2 atom stereocenters. The number of rotatable bonds is 52. The molecule has 0 radical (unpaired) electrons. The van der Waals surface area contributed by atoms with Crippen molar-refractivity contribution in [2.75, 3.05) is 13.2 Å². The largest absolute Gasteiger partial charge is 0.462 e. The van der Waals surface area contributed by atoms with Gasteiger partial charge in [-0.1, -0.05) is 285 Å². The van der Waals surface area contributed by atoms with E-state index in [4.69, 9.17) is 14.2 Å². The zero-order valence-electron chi connectivity index (χ0n) is 43.0. The van der Waals surface area contributed by atoms with Crippen LogP contribution in [-0.4, -0.2) is 37.2 Å². The van der Waals surface area contributed by atoms with Crippen molar-refractivity contribution in [3.05, 3.63) is 0 Å². The minimum absolute atomic E-state index is 0.0625. The lowest BCUT2D eigenvalue weighted by Crippen LogP contribution is -2.30. The number of esters is 3. The third kappa shape index (κ3) is 49.7. The van der Waals surface area contributed by atoms with Crippen molar-refractivity contribution in [1.29, 1.82) is 0 Å². The summed E-state index contributed by atoms with van der Waals surface area (Å²) in [6.45, 7) is 9.06. The lowest BCUT2D eigenvalue weighted by atomic mass is 9.99. The van der Waals surface area contributed by atoms with E-state index in [2.05, 4.69) is 27.7 Å². The first-order valence-corrected chi connectivity index (χ1v) is 28.4. The highest BCUT2D eigenvalue weighted by Crippen LogP contribution is 2.18. The molecule has 0 fully saturated rings. The van der Waals surface area contributed by atoms with E-state index in [1.54, 1.807) is 0 Å². The van der Waals surface area contributed by atoms with Crippen molar-refractivity contribution in [3.63, 3.8) is 0 Å². The van der Waals surface area contributed by atoms with Crippen LogP contribution < -0.4 is 0 Å². The molecule has 6 nitrogen and oxygen atoms in total. The number of carbonyl (C=O) groups is 3. The molecule has 0 rings (SSSR count). The van der Waals surface area contributed by atoms with Crippen molar-refractivity contribution >= 4 is 17.9 Å². The predicted octanol–water partition coefficient (Wildman–Crippen LogP) is 18.6. The monoisotopic (exact) mass is 891 g/mol. The quantitative estimate of drug-likeness (QED) is 0.0344. The van der Waals surface area contributed by atoms with Gasteiger partial charge in [0.05, 0.1) is 0 Å². The van der Waals surface area contributed by atoms with Crippen molar-refractivity contribution < 1.29 is 28.6 Å². The van der Waals surface area contributed by atoms with Gasteiger partial charge in [-0.15, -0.1) is 0 Å². The number of ether oxygens (including phenoxy) is 3. The normalized spacial score (nSPS) is 12.4. The summed E-state index contributed by atoms with van der Waals surface area (Å²) in [6, 6.07) is 0. The number of carbonyl (C=O) groups excluding carboxylic acids is 3. The molecule has 0 spiro atoms. The van der Waals surface area contributed by atoms with Crippen LogP contribution in [0.25, 0.3) is 0 Å². The minimum atomic E-state index is -0.760. The standard InChI is InChI=1S/C57H110O6/c1-5-8-10-12-14-15-16-17-18-24-27-30-33-37-41-45-49-56(59)62-52-54(51-61-55(58)48-44-40-35-13-11-9-6-2)63-57(60)50-46-42-38-34-31-28-25-22-20-19-21-23-26-29-32-36-39-43-47-53(4)7-3/h53-54H,5-52H2,1-4H3/t53?,54-/m1/s1. The zero-order chi connectivity index (χ0) is 45.9. The Balaban J connectivity index is 4.12. The Kier molecular flexibility index (Phi) is 50.1. The maximum absolute atomic E-state index is 12.8. The first-order chi connectivity index (χ1) is 30.9. The van der Waals surface area contributed by atoms with E-state index in [-0.39, 0.29) is 31.1 Å². The van der Waals surface area contributed by atoms with Gasteiger partial charge in [0.1, 0.15) is 13.2 Å². The van der Waals surface area contributed by atoms with Crippen molar-refractivity contribution in [1.82, 2.24) is 0 Å². The highest BCUT2D eigenvalue weighted by molar-refractivity contribution is 5.71. The average molecular weight is 892 g/mol. The summed E-state index contributed by atoms with van der Waals surface area (Å²) in [5, 5.41) is 0. The van der Waals surface area contributed by atoms with Gasteiger partial charge in [-0.05, 0) is 25.2 Å². The fourth-order valence-corrected chi connectivity index (χ4v) is 8.72. The molecule has 0 aromatic carbocycles. The summed E-state index contributed by atoms with van der Waals surface area (Å²) in [5.74, 6) is 0.0641. The van der Waals surface area contributed by atoms with Gasteiger partial charge in [0.25, 0.3) is 0 Å². The Labute approximate surface area is 393 Å². The lowest BCUT2D eigenvalue weighted by Gasteiger charge is -2.18. The van der Waals surface area contributed by atoms with Crippen LogP contribution in [0.2, 0.25) is 0 Å². The molecule has 0 aliphatic heterocycles. The third-order valence-corrected chi connectivity index (χ3v) is 13.4. The van der Waals surface area contributed by atoms with Crippen LogP contribution in [0.1, 0.15) is 323 Å². The molecule has 0 bridgehead atoms. The van der Waals surface area contributed by atoms with Crippen LogP contribution in [0.5, 0.6) is 0 Å². The van der Waals surface area contributed by atoms with E-state index in [1.165, 1.54) is 218 Å². The van der Waals surface area contributed by atoms with Gasteiger partial charge >= 0.3 is 17.9 Å². The molecule has 1 unspecified atom stereocenters. The van der Waals surface area contributed by atoms with Gasteiger partial charge in [0.15, 0.2) is 6.10 Å². The molecule has 0 amide bonds. The van der Waals surface area contributed by atoms with E-state index in [1.807, 2.05) is 0 Å². The van der Waals surface area contributed by atoms with Crippen LogP contribution >= 0.6 is 0 Å². The van der Waals surface area contributed by atoms with E-state index < -0.39 is 6.10 Å². The number of hydrogen-bond acceptors (Lipinski definition) is 6. The van der Waals surface area contributed by atoms with Crippen LogP contribution in [-0.2, 0) is 28.6 Å². The van der Waals surface area contributed by atoms with Gasteiger partial charge in [-0.25, -0.2) is 0 Å². The van der Waals surface area contributed by atoms with Gasteiger partial charge in [0, 0.05) is 19.3 Å². The predicted molar refractivity (Wildman–Crippen MR) is 270 cm³/mol. The minimum Gasteiger partial charge on any atom is -0.462 e. The third-order valence-electron chi connectivity index (χ3n) is 13.4. The van der Waals surface area contributed by atoms with Crippen molar-refractivity contribution in [2.45, 2.75) is 329 Å². The Hall–Kier alpha value is -1.59. The molecule has 0 aromatic rings. The highest BCUT2D eigenvalue weighted by atomic mass is 16.6. The summed E-state index contributed by atoms with van der Waals surface area (Å²) >= 11 is 0. The first-order valence-electron chi connectivity index (χ1n) is 28.4. The van der Waals surface area contributed by atoms with Crippen LogP contribution in [0.4, 0.5) is 0 Å². The smallest absolute Gasteiger partial charge is 0.306 e.